The molecule has 3 aromatic heterocycles. The van der Waals surface area contributed by atoms with Crippen LogP contribution in [0.3, 0.4) is 0 Å². The maximum absolute atomic E-state index is 12.2. The van der Waals surface area contributed by atoms with Gasteiger partial charge in [-0.25, -0.2) is 14.6 Å². The standard InChI is InChI=1S/C22H21ClN6O/c1-13-7-19(23)26-11-17(13)15-9-16-12-28(6-4-18(16)25-10-15)22-14(2)8-20-24-5-3-21(30)29(20)27-22/h3,5,7-11,22,27H,4,6,12H2,1-2H3. The Morgan fingerprint density at radius 3 is 2.87 bits per heavy atom. The second-order valence-corrected chi connectivity index (χ2v) is 8.16. The van der Waals surface area contributed by atoms with Crippen molar-refractivity contribution in [1.29, 1.82) is 0 Å². The number of nitrogens with zero attached hydrogens (tertiary/aromatic N) is 5. The molecule has 0 spiro atoms. The van der Waals surface area contributed by atoms with Crippen molar-refractivity contribution in [3.05, 3.63) is 80.5 Å². The van der Waals surface area contributed by atoms with Gasteiger partial charge in [0.25, 0.3) is 5.56 Å². The first-order valence-corrected chi connectivity index (χ1v) is 10.2. The molecule has 0 radical (unpaired) electrons. The van der Waals surface area contributed by atoms with Gasteiger partial charge in [-0.1, -0.05) is 11.6 Å². The number of nitrogens with one attached hydrogen (secondary N) is 1. The van der Waals surface area contributed by atoms with E-state index in [1.807, 2.05) is 25.3 Å². The lowest BCUT2D eigenvalue weighted by Gasteiger charge is -2.38. The van der Waals surface area contributed by atoms with E-state index in [-0.39, 0.29) is 11.7 Å². The molecule has 152 valence electrons. The van der Waals surface area contributed by atoms with Crippen LogP contribution in [0.1, 0.15) is 29.6 Å². The zero-order chi connectivity index (χ0) is 20.8. The Labute approximate surface area is 179 Å². The number of halogens is 1. The second-order valence-electron chi connectivity index (χ2n) is 7.77. The number of aromatic nitrogens is 4. The summed E-state index contributed by atoms with van der Waals surface area (Å²) in [6.07, 6.45) is 8.00. The summed E-state index contributed by atoms with van der Waals surface area (Å²) in [5.41, 5.74) is 9.79. The Hall–Kier alpha value is -3.03. The Kier molecular flexibility index (Phi) is 4.64. The molecule has 1 atom stereocenters. The van der Waals surface area contributed by atoms with Crippen molar-refractivity contribution in [1.82, 2.24) is 24.5 Å². The fourth-order valence-corrected chi connectivity index (χ4v) is 4.38. The summed E-state index contributed by atoms with van der Waals surface area (Å²) in [7, 11) is 0. The number of rotatable bonds is 2. The van der Waals surface area contributed by atoms with Gasteiger partial charge in [0.15, 0.2) is 5.82 Å². The number of hydrogen-bond donors (Lipinski definition) is 1. The molecule has 1 N–H and O–H groups in total. The van der Waals surface area contributed by atoms with Crippen LogP contribution in [0.4, 0.5) is 0 Å². The van der Waals surface area contributed by atoms with Crippen LogP contribution in [0.5, 0.6) is 0 Å². The lowest BCUT2D eigenvalue weighted by atomic mass is 9.98. The minimum atomic E-state index is -0.110. The first-order valence-electron chi connectivity index (χ1n) is 9.87. The van der Waals surface area contributed by atoms with Gasteiger partial charge in [0.05, 0.1) is 0 Å². The van der Waals surface area contributed by atoms with E-state index in [0.29, 0.717) is 11.0 Å². The molecule has 0 saturated carbocycles. The highest BCUT2D eigenvalue weighted by atomic mass is 35.5. The summed E-state index contributed by atoms with van der Waals surface area (Å²) in [4.78, 5) is 27.8. The van der Waals surface area contributed by atoms with Crippen LogP contribution in [0.25, 0.3) is 17.2 Å². The Morgan fingerprint density at radius 1 is 1.17 bits per heavy atom. The average Bonchev–Trinajstić information content (AvgIpc) is 2.73. The molecule has 0 aromatic carbocycles. The molecule has 0 saturated heterocycles. The molecule has 1 unspecified atom stereocenters. The van der Waals surface area contributed by atoms with Gasteiger partial charge in [0.1, 0.15) is 11.3 Å². The van der Waals surface area contributed by atoms with E-state index < -0.39 is 0 Å². The fraction of sp³-hybridized carbons (Fsp3) is 0.273. The van der Waals surface area contributed by atoms with Crippen LogP contribution < -0.4 is 11.0 Å². The summed E-state index contributed by atoms with van der Waals surface area (Å²) < 4.78 is 1.52. The van der Waals surface area contributed by atoms with Crippen LogP contribution in [0.2, 0.25) is 5.15 Å². The van der Waals surface area contributed by atoms with Gasteiger partial charge in [-0.05, 0) is 48.8 Å². The zero-order valence-electron chi connectivity index (χ0n) is 16.8. The van der Waals surface area contributed by atoms with Gasteiger partial charge in [-0.3, -0.25) is 20.1 Å². The lowest BCUT2D eigenvalue weighted by molar-refractivity contribution is 0.205. The molecule has 0 aliphatic carbocycles. The molecule has 7 nitrogen and oxygen atoms in total. The smallest absolute Gasteiger partial charge is 0.272 e. The maximum atomic E-state index is 12.2. The van der Waals surface area contributed by atoms with E-state index in [2.05, 4.69) is 33.3 Å². The monoisotopic (exact) mass is 420 g/mol. The van der Waals surface area contributed by atoms with Gasteiger partial charge in [0, 0.05) is 61.0 Å². The van der Waals surface area contributed by atoms with Gasteiger partial charge >= 0.3 is 0 Å². The van der Waals surface area contributed by atoms with Gasteiger partial charge in [-0.2, -0.15) is 0 Å². The quantitative estimate of drug-likeness (QED) is 0.642. The molecule has 2 aliphatic heterocycles. The minimum absolute atomic E-state index is 0.0739. The van der Waals surface area contributed by atoms with Crippen molar-refractivity contribution in [2.45, 2.75) is 33.0 Å². The van der Waals surface area contributed by atoms with Crippen LogP contribution >= 0.6 is 11.6 Å². The third-order valence-electron chi connectivity index (χ3n) is 5.74. The van der Waals surface area contributed by atoms with Crippen LogP contribution in [-0.2, 0) is 13.0 Å². The first-order chi connectivity index (χ1) is 14.5. The lowest BCUT2D eigenvalue weighted by Crippen LogP contribution is -2.51. The van der Waals surface area contributed by atoms with Crippen LogP contribution in [0.15, 0.2) is 47.2 Å². The number of fused-ring (bicyclic) bond motifs is 2. The summed E-state index contributed by atoms with van der Waals surface area (Å²) in [6, 6.07) is 5.52. The number of hydrogen-bond acceptors (Lipinski definition) is 6. The minimum Gasteiger partial charge on any atom is -0.300 e. The molecular weight excluding hydrogens is 400 g/mol. The molecular formula is C22H21ClN6O. The average molecular weight is 421 g/mol. The summed E-state index contributed by atoms with van der Waals surface area (Å²) in [5.74, 6) is 0.628. The maximum Gasteiger partial charge on any atom is 0.272 e. The SMILES string of the molecule is CC1=Cc2nccc(=O)n2NC1N1CCc2ncc(-c3cnc(Cl)cc3C)cc2C1. The third-order valence-corrected chi connectivity index (χ3v) is 5.94. The molecule has 8 heteroatoms. The summed E-state index contributed by atoms with van der Waals surface area (Å²) >= 11 is 6.01. The number of pyridine rings is 2. The molecule has 0 bridgehead atoms. The highest BCUT2D eigenvalue weighted by Gasteiger charge is 2.28. The van der Waals surface area contributed by atoms with E-state index in [9.17, 15) is 4.79 Å². The molecule has 5 rings (SSSR count). The Bertz CT molecular complexity index is 1230. The third kappa shape index (κ3) is 3.30. The largest absolute Gasteiger partial charge is 0.300 e. The van der Waals surface area contributed by atoms with Crippen molar-refractivity contribution in [3.63, 3.8) is 0 Å². The van der Waals surface area contributed by atoms with Crippen molar-refractivity contribution >= 4 is 17.7 Å². The van der Waals surface area contributed by atoms with E-state index >= 15 is 0 Å². The predicted octanol–water partition coefficient (Wildman–Crippen LogP) is 3.01. The Morgan fingerprint density at radius 2 is 2.03 bits per heavy atom. The van der Waals surface area contributed by atoms with E-state index in [0.717, 1.165) is 47.5 Å². The van der Waals surface area contributed by atoms with Crippen LogP contribution in [0, 0.1) is 6.92 Å². The fourth-order valence-electron chi connectivity index (χ4n) is 4.17. The molecule has 2 aliphatic rings. The van der Waals surface area contributed by atoms with Gasteiger partial charge < -0.3 is 0 Å². The molecule has 0 amide bonds. The normalized spacial score (nSPS) is 18.2. The van der Waals surface area contributed by atoms with E-state index in [1.54, 1.807) is 6.20 Å². The van der Waals surface area contributed by atoms with E-state index in [1.165, 1.54) is 22.5 Å². The van der Waals surface area contributed by atoms with Crippen LogP contribution in [-0.4, -0.2) is 37.2 Å². The topological polar surface area (TPSA) is 75.9 Å². The predicted molar refractivity (Wildman–Crippen MR) is 117 cm³/mol. The highest BCUT2D eigenvalue weighted by molar-refractivity contribution is 6.29. The Balaban J connectivity index is 1.45. The van der Waals surface area contributed by atoms with Gasteiger partial charge in [-0.15, -0.1) is 0 Å². The first kappa shape index (κ1) is 19.0. The second kappa shape index (κ2) is 7.34. The van der Waals surface area contributed by atoms with Crippen molar-refractivity contribution < 1.29 is 0 Å². The molecule has 0 fully saturated rings. The van der Waals surface area contributed by atoms with E-state index in [4.69, 9.17) is 16.6 Å². The molecule has 3 aromatic rings. The van der Waals surface area contributed by atoms with Gasteiger partial charge in [0.2, 0.25) is 0 Å². The zero-order valence-corrected chi connectivity index (χ0v) is 17.5. The molecule has 5 heterocycles. The summed E-state index contributed by atoms with van der Waals surface area (Å²) in [6.45, 7) is 5.68. The highest BCUT2D eigenvalue weighted by Crippen LogP contribution is 2.29. The van der Waals surface area contributed by atoms with Crippen molar-refractivity contribution in [3.8, 4) is 11.1 Å². The molecule has 30 heavy (non-hydrogen) atoms. The summed E-state index contributed by atoms with van der Waals surface area (Å²) in [5, 5.41) is 0.490. The van der Waals surface area contributed by atoms with Crippen molar-refractivity contribution in [2.75, 3.05) is 12.0 Å². The number of aryl methyl sites for hydroxylation is 1. The van der Waals surface area contributed by atoms with Crippen molar-refractivity contribution in [2.24, 2.45) is 0 Å².